The van der Waals surface area contributed by atoms with Crippen molar-refractivity contribution >= 4 is 0 Å². The molecule has 0 bridgehead atoms. The summed E-state index contributed by atoms with van der Waals surface area (Å²) in [5.41, 5.74) is 0.492. The number of hydrogen-bond donors (Lipinski definition) is 1. The Morgan fingerprint density at radius 1 is 1.24 bits per heavy atom. The molecule has 100 valence electrons. The van der Waals surface area contributed by atoms with Crippen molar-refractivity contribution in [2.24, 2.45) is 5.41 Å². The summed E-state index contributed by atoms with van der Waals surface area (Å²) in [4.78, 5) is 0. The van der Waals surface area contributed by atoms with Crippen LogP contribution in [0.2, 0.25) is 0 Å². The van der Waals surface area contributed by atoms with Gasteiger partial charge in [-0.3, -0.25) is 0 Å². The van der Waals surface area contributed by atoms with Crippen LogP contribution in [0.15, 0.2) is 0 Å². The van der Waals surface area contributed by atoms with Crippen molar-refractivity contribution in [1.82, 2.24) is 5.32 Å². The summed E-state index contributed by atoms with van der Waals surface area (Å²) < 4.78 is 11.2. The predicted molar refractivity (Wildman–Crippen MR) is 69.2 cm³/mol. The molecule has 17 heavy (non-hydrogen) atoms. The van der Waals surface area contributed by atoms with E-state index in [0.29, 0.717) is 11.5 Å². The Morgan fingerprint density at radius 3 is 2.71 bits per heavy atom. The predicted octanol–water partition coefficient (Wildman–Crippen LogP) is 2.35. The largest absolute Gasteiger partial charge is 0.381 e. The minimum atomic E-state index is 0.492. The van der Waals surface area contributed by atoms with Gasteiger partial charge in [-0.2, -0.15) is 0 Å². The molecule has 0 radical (unpaired) electrons. The van der Waals surface area contributed by atoms with Crippen LogP contribution in [0.1, 0.15) is 44.9 Å². The first kappa shape index (κ1) is 13.3. The molecule has 1 N–H and O–H groups in total. The van der Waals surface area contributed by atoms with E-state index in [1.165, 1.54) is 44.9 Å². The summed E-state index contributed by atoms with van der Waals surface area (Å²) in [5, 5.41) is 3.37. The summed E-state index contributed by atoms with van der Waals surface area (Å²) in [6.45, 7) is 4.02. The summed E-state index contributed by atoms with van der Waals surface area (Å²) in [6, 6.07) is 0. The van der Waals surface area contributed by atoms with Crippen molar-refractivity contribution in [2.75, 3.05) is 33.4 Å². The maximum absolute atomic E-state index is 5.69. The summed E-state index contributed by atoms with van der Waals surface area (Å²) >= 11 is 0. The van der Waals surface area contributed by atoms with Gasteiger partial charge in [-0.15, -0.1) is 0 Å². The fourth-order valence-electron chi connectivity index (χ4n) is 3.27. The first-order valence-electron chi connectivity index (χ1n) is 7.19. The van der Waals surface area contributed by atoms with Crippen LogP contribution in [0, 0.1) is 5.41 Å². The SMILES string of the molecule is CNCC1(CCCC2CCCO2)CCOCC1. The van der Waals surface area contributed by atoms with E-state index < -0.39 is 0 Å². The zero-order valence-corrected chi connectivity index (χ0v) is 11.2. The maximum atomic E-state index is 5.69. The molecule has 2 rings (SSSR count). The summed E-state index contributed by atoms with van der Waals surface area (Å²) in [6.07, 6.45) is 9.44. The zero-order chi connectivity index (χ0) is 12.0. The van der Waals surface area contributed by atoms with E-state index in [0.717, 1.165) is 26.4 Å². The van der Waals surface area contributed by atoms with Crippen LogP contribution in [-0.4, -0.2) is 39.5 Å². The third-order valence-electron chi connectivity index (χ3n) is 4.36. The third-order valence-corrected chi connectivity index (χ3v) is 4.36. The van der Waals surface area contributed by atoms with E-state index in [4.69, 9.17) is 9.47 Å². The molecule has 0 saturated carbocycles. The lowest BCUT2D eigenvalue weighted by atomic mass is 9.75. The van der Waals surface area contributed by atoms with Crippen LogP contribution in [0.25, 0.3) is 0 Å². The molecule has 2 aliphatic heterocycles. The van der Waals surface area contributed by atoms with Gasteiger partial charge in [0, 0.05) is 26.4 Å². The molecule has 0 aromatic heterocycles. The van der Waals surface area contributed by atoms with Crippen molar-refractivity contribution < 1.29 is 9.47 Å². The molecule has 0 amide bonds. The van der Waals surface area contributed by atoms with E-state index >= 15 is 0 Å². The van der Waals surface area contributed by atoms with Gasteiger partial charge < -0.3 is 14.8 Å². The van der Waals surface area contributed by atoms with Crippen LogP contribution in [0.5, 0.6) is 0 Å². The minimum absolute atomic E-state index is 0.492. The van der Waals surface area contributed by atoms with Crippen LogP contribution in [0.4, 0.5) is 0 Å². The Labute approximate surface area is 105 Å². The van der Waals surface area contributed by atoms with Gasteiger partial charge in [-0.25, -0.2) is 0 Å². The first-order chi connectivity index (χ1) is 8.35. The van der Waals surface area contributed by atoms with E-state index in [-0.39, 0.29) is 0 Å². The van der Waals surface area contributed by atoms with Gasteiger partial charge >= 0.3 is 0 Å². The number of hydrogen-bond acceptors (Lipinski definition) is 3. The molecule has 3 nitrogen and oxygen atoms in total. The topological polar surface area (TPSA) is 30.5 Å². The minimum Gasteiger partial charge on any atom is -0.381 e. The summed E-state index contributed by atoms with van der Waals surface area (Å²) in [7, 11) is 2.07. The molecule has 3 heteroatoms. The molecule has 0 aromatic carbocycles. The van der Waals surface area contributed by atoms with Crippen LogP contribution < -0.4 is 5.32 Å². The highest BCUT2D eigenvalue weighted by molar-refractivity contribution is 4.84. The Hall–Kier alpha value is -0.120. The van der Waals surface area contributed by atoms with Crippen molar-refractivity contribution in [3.8, 4) is 0 Å². The molecule has 2 aliphatic rings. The average Bonchev–Trinajstić information content (AvgIpc) is 2.84. The molecule has 2 saturated heterocycles. The van der Waals surface area contributed by atoms with Crippen LogP contribution >= 0.6 is 0 Å². The maximum Gasteiger partial charge on any atom is 0.0576 e. The van der Waals surface area contributed by atoms with Gasteiger partial charge in [0.1, 0.15) is 0 Å². The Kier molecular flexibility index (Phi) is 5.26. The standard InChI is InChI=1S/C14H27NO2/c1-15-12-14(7-10-16-11-8-14)6-2-4-13-5-3-9-17-13/h13,15H,2-12H2,1H3. The lowest BCUT2D eigenvalue weighted by Crippen LogP contribution is -2.38. The second-order valence-electron chi connectivity index (χ2n) is 5.67. The highest BCUT2D eigenvalue weighted by Crippen LogP contribution is 2.35. The quantitative estimate of drug-likeness (QED) is 0.774. The molecule has 1 unspecified atom stereocenters. The molecule has 0 spiro atoms. The van der Waals surface area contributed by atoms with Gasteiger partial charge in [0.25, 0.3) is 0 Å². The van der Waals surface area contributed by atoms with Crippen molar-refractivity contribution in [2.45, 2.75) is 51.0 Å². The smallest absolute Gasteiger partial charge is 0.0576 e. The molecule has 2 fully saturated rings. The summed E-state index contributed by atoms with van der Waals surface area (Å²) in [5.74, 6) is 0. The monoisotopic (exact) mass is 241 g/mol. The highest BCUT2D eigenvalue weighted by Gasteiger charge is 2.31. The van der Waals surface area contributed by atoms with Gasteiger partial charge in [0.2, 0.25) is 0 Å². The Morgan fingerprint density at radius 2 is 2.06 bits per heavy atom. The van der Waals surface area contributed by atoms with E-state index in [1.54, 1.807) is 0 Å². The molecule has 2 heterocycles. The molecule has 0 aromatic rings. The number of nitrogens with one attached hydrogen (secondary N) is 1. The second kappa shape index (κ2) is 6.72. The number of ether oxygens (including phenoxy) is 2. The van der Waals surface area contributed by atoms with E-state index in [9.17, 15) is 0 Å². The average molecular weight is 241 g/mol. The van der Waals surface area contributed by atoms with Crippen molar-refractivity contribution in [3.05, 3.63) is 0 Å². The lowest BCUT2D eigenvalue weighted by molar-refractivity contribution is 0.00769. The van der Waals surface area contributed by atoms with Crippen LogP contribution in [0.3, 0.4) is 0 Å². The normalized spacial score (nSPS) is 28.4. The Bertz CT molecular complexity index is 203. The first-order valence-corrected chi connectivity index (χ1v) is 7.19. The fraction of sp³-hybridized carbons (Fsp3) is 1.00. The molecular weight excluding hydrogens is 214 g/mol. The fourth-order valence-corrected chi connectivity index (χ4v) is 3.27. The van der Waals surface area contributed by atoms with E-state index in [2.05, 4.69) is 12.4 Å². The van der Waals surface area contributed by atoms with Crippen molar-refractivity contribution in [3.63, 3.8) is 0 Å². The van der Waals surface area contributed by atoms with Gasteiger partial charge in [-0.05, 0) is 51.0 Å². The van der Waals surface area contributed by atoms with Crippen LogP contribution in [-0.2, 0) is 9.47 Å². The molecular formula is C14H27NO2. The third kappa shape index (κ3) is 3.94. The van der Waals surface area contributed by atoms with Gasteiger partial charge in [-0.1, -0.05) is 6.42 Å². The molecule has 1 atom stereocenters. The number of rotatable bonds is 6. The highest BCUT2D eigenvalue weighted by atomic mass is 16.5. The zero-order valence-electron chi connectivity index (χ0n) is 11.2. The van der Waals surface area contributed by atoms with Crippen molar-refractivity contribution in [1.29, 1.82) is 0 Å². The van der Waals surface area contributed by atoms with Gasteiger partial charge in [0.15, 0.2) is 0 Å². The Balaban J connectivity index is 1.72. The van der Waals surface area contributed by atoms with Gasteiger partial charge in [0.05, 0.1) is 6.10 Å². The lowest BCUT2D eigenvalue weighted by Gasteiger charge is -2.37. The second-order valence-corrected chi connectivity index (χ2v) is 5.67. The van der Waals surface area contributed by atoms with E-state index in [1.807, 2.05) is 0 Å². The molecule has 0 aliphatic carbocycles.